The highest BCUT2D eigenvalue weighted by molar-refractivity contribution is 7.99. The molecule has 0 bridgehead atoms. The van der Waals surface area contributed by atoms with Crippen LogP contribution in [0.15, 0.2) is 11.4 Å². The van der Waals surface area contributed by atoms with E-state index in [0.717, 1.165) is 12.3 Å². The van der Waals surface area contributed by atoms with Crippen LogP contribution in [-0.2, 0) is 0 Å². The lowest BCUT2D eigenvalue weighted by atomic mass is 10.5. The Balaban J connectivity index is 2.87. The van der Waals surface area contributed by atoms with E-state index in [1.165, 1.54) is 18.1 Å². The standard InChI is InChI=1S/C9H15N5O2S/c1-10-8-7(14(15)16)9(12-6-11-8)17-5-4-13(2)3/h6H,4-5H2,1-3H3,(H,10,11,12). The number of hydrogen-bond acceptors (Lipinski definition) is 7. The maximum Gasteiger partial charge on any atom is 0.343 e. The van der Waals surface area contributed by atoms with E-state index in [0.29, 0.717) is 5.03 Å². The molecule has 1 aromatic rings. The highest BCUT2D eigenvalue weighted by atomic mass is 32.2. The van der Waals surface area contributed by atoms with Gasteiger partial charge in [-0.05, 0) is 14.1 Å². The molecule has 0 atom stereocenters. The summed E-state index contributed by atoms with van der Waals surface area (Å²) in [6.45, 7) is 0.834. The quantitative estimate of drug-likeness (QED) is 0.353. The number of aromatic nitrogens is 2. The topological polar surface area (TPSA) is 84.2 Å². The molecule has 1 rings (SSSR count). The zero-order valence-corrected chi connectivity index (χ0v) is 10.8. The SMILES string of the molecule is CNc1ncnc(SCCN(C)C)c1[N+](=O)[O-]. The lowest BCUT2D eigenvalue weighted by Gasteiger charge is -2.09. The van der Waals surface area contributed by atoms with E-state index in [9.17, 15) is 10.1 Å². The maximum absolute atomic E-state index is 11.0. The van der Waals surface area contributed by atoms with E-state index in [4.69, 9.17) is 0 Å². The first-order chi connectivity index (χ1) is 8.06. The summed E-state index contributed by atoms with van der Waals surface area (Å²) in [5, 5.41) is 14.1. The minimum absolute atomic E-state index is 0.0567. The van der Waals surface area contributed by atoms with E-state index >= 15 is 0 Å². The Morgan fingerprint density at radius 3 is 2.76 bits per heavy atom. The van der Waals surface area contributed by atoms with Crippen LogP contribution in [0, 0.1) is 10.1 Å². The van der Waals surface area contributed by atoms with E-state index in [2.05, 4.69) is 15.3 Å². The molecule has 0 unspecified atom stereocenters. The van der Waals surface area contributed by atoms with Crippen LogP contribution in [0.4, 0.5) is 11.5 Å². The molecule has 0 saturated carbocycles. The van der Waals surface area contributed by atoms with Crippen LogP contribution in [-0.4, -0.2) is 53.2 Å². The highest BCUT2D eigenvalue weighted by Gasteiger charge is 2.22. The summed E-state index contributed by atoms with van der Waals surface area (Å²) < 4.78 is 0. The fraction of sp³-hybridized carbons (Fsp3) is 0.556. The first-order valence-electron chi connectivity index (χ1n) is 5.01. The number of hydrogen-bond donors (Lipinski definition) is 1. The van der Waals surface area contributed by atoms with Crippen molar-refractivity contribution in [3.05, 3.63) is 16.4 Å². The normalized spacial score (nSPS) is 10.6. The maximum atomic E-state index is 11.0. The Hall–Kier alpha value is -1.41. The predicted octanol–water partition coefficient (Wildman–Crippen LogP) is 1.08. The molecular formula is C9H15N5O2S. The average molecular weight is 257 g/mol. The van der Waals surface area contributed by atoms with Crippen molar-refractivity contribution < 1.29 is 4.92 Å². The van der Waals surface area contributed by atoms with Crippen molar-refractivity contribution in [3.63, 3.8) is 0 Å². The fourth-order valence-corrected chi connectivity index (χ4v) is 2.22. The summed E-state index contributed by atoms with van der Waals surface area (Å²) in [5.74, 6) is 0.992. The molecule has 0 aliphatic carbocycles. The highest BCUT2D eigenvalue weighted by Crippen LogP contribution is 2.31. The lowest BCUT2D eigenvalue weighted by molar-refractivity contribution is -0.387. The molecular weight excluding hydrogens is 242 g/mol. The summed E-state index contributed by atoms with van der Waals surface area (Å²) in [4.78, 5) is 20.3. The molecule has 0 amide bonds. The van der Waals surface area contributed by atoms with Crippen molar-refractivity contribution in [2.45, 2.75) is 5.03 Å². The molecule has 0 aliphatic heterocycles. The number of nitrogens with one attached hydrogen (secondary N) is 1. The van der Waals surface area contributed by atoms with Crippen LogP contribution in [0.2, 0.25) is 0 Å². The van der Waals surface area contributed by atoms with E-state index in [1.807, 2.05) is 19.0 Å². The van der Waals surface area contributed by atoms with Gasteiger partial charge in [-0.25, -0.2) is 9.97 Å². The van der Waals surface area contributed by atoms with Crippen LogP contribution < -0.4 is 5.32 Å². The van der Waals surface area contributed by atoms with Gasteiger partial charge in [0.1, 0.15) is 6.33 Å². The minimum Gasteiger partial charge on any atom is -0.367 e. The van der Waals surface area contributed by atoms with E-state index in [1.54, 1.807) is 7.05 Å². The summed E-state index contributed by atoms with van der Waals surface area (Å²) >= 11 is 1.36. The Kier molecular flexibility index (Phi) is 5.11. The Morgan fingerprint density at radius 1 is 1.53 bits per heavy atom. The molecule has 0 spiro atoms. The van der Waals surface area contributed by atoms with Gasteiger partial charge >= 0.3 is 5.69 Å². The van der Waals surface area contributed by atoms with Gasteiger partial charge in [0.2, 0.25) is 5.82 Å². The largest absolute Gasteiger partial charge is 0.367 e. The van der Waals surface area contributed by atoms with E-state index < -0.39 is 4.92 Å². The van der Waals surface area contributed by atoms with Crippen molar-refractivity contribution in [2.75, 3.05) is 38.8 Å². The van der Waals surface area contributed by atoms with Gasteiger partial charge in [-0.1, -0.05) is 11.8 Å². The molecule has 0 aliphatic rings. The molecule has 17 heavy (non-hydrogen) atoms. The molecule has 94 valence electrons. The van der Waals surface area contributed by atoms with Crippen LogP contribution in [0.1, 0.15) is 0 Å². The molecule has 7 nitrogen and oxygen atoms in total. The van der Waals surface area contributed by atoms with Crippen molar-refractivity contribution in [2.24, 2.45) is 0 Å². The van der Waals surface area contributed by atoms with Crippen molar-refractivity contribution in [3.8, 4) is 0 Å². The Bertz CT molecular complexity index is 399. The first-order valence-corrected chi connectivity index (χ1v) is 5.99. The number of nitrogens with zero attached hydrogens (tertiary/aromatic N) is 4. The molecule has 8 heteroatoms. The van der Waals surface area contributed by atoms with Gasteiger partial charge < -0.3 is 10.2 Å². The van der Waals surface area contributed by atoms with Gasteiger partial charge in [-0.2, -0.15) is 0 Å². The van der Waals surface area contributed by atoms with Gasteiger partial charge in [0.05, 0.1) is 4.92 Å². The Labute approximate surface area is 104 Å². The second kappa shape index (κ2) is 6.36. The molecule has 1 heterocycles. The number of thioether (sulfide) groups is 1. The predicted molar refractivity (Wildman–Crippen MR) is 67.5 cm³/mol. The molecule has 0 aromatic carbocycles. The van der Waals surface area contributed by atoms with Crippen molar-refractivity contribution >= 4 is 23.3 Å². The van der Waals surface area contributed by atoms with Crippen LogP contribution >= 0.6 is 11.8 Å². The van der Waals surface area contributed by atoms with Gasteiger partial charge in [-0.3, -0.25) is 10.1 Å². The smallest absolute Gasteiger partial charge is 0.343 e. The summed E-state index contributed by atoms with van der Waals surface area (Å²) in [5.41, 5.74) is -0.0567. The average Bonchev–Trinajstić information content (AvgIpc) is 2.27. The van der Waals surface area contributed by atoms with Crippen LogP contribution in [0.25, 0.3) is 0 Å². The van der Waals surface area contributed by atoms with Gasteiger partial charge in [0.15, 0.2) is 5.03 Å². The van der Waals surface area contributed by atoms with Gasteiger partial charge in [0.25, 0.3) is 0 Å². The lowest BCUT2D eigenvalue weighted by Crippen LogP contribution is -2.15. The first kappa shape index (κ1) is 13.7. The number of rotatable bonds is 6. The molecule has 1 aromatic heterocycles. The molecule has 0 saturated heterocycles. The zero-order valence-electron chi connectivity index (χ0n) is 10.0. The molecule has 0 fully saturated rings. The monoisotopic (exact) mass is 257 g/mol. The second-order valence-electron chi connectivity index (χ2n) is 3.53. The van der Waals surface area contributed by atoms with E-state index in [-0.39, 0.29) is 11.5 Å². The Morgan fingerprint density at radius 2 is 2.24 bits per heavy atom. The fourth-order valence-electron chi connectivity index (χ4n) is 1.14. The van der Waals surface area contributed by atoms with Gasteiger partial charge in [0, 0.05) is 19.3 Å². The third-order valence-corrected chi connectivity index (χ3v) is 2.94. The number of anilines is 1. The number of nitro groups is 1. The second-order valence-corrected chi connectivity index (χ2v) is 4.62. The summed E-state index contributed by atoms with van der Waals surface area (Å²) in [6.07, 6.45) is 1.33. The van der Waals surface area contributed by atoms with Crippen LogP contribution in [0.5, 0.6) is 0 Å². The third-order valence-electron chi connectivity index (χ3n) is 1.99. The summed E-state index contributed by atoms with van der Waals surface area (Å²) in [6, 6.07) is 0. The van der Waals surface area contributed by atoms with Crippen molar-refractivity contribution in [1.82, 2.24) is 14.9 Å². The zero-order chi connectivity index (χ0) is 12.8. The molecule has 1 N–H and O–H groups in total. The van der Waals surface area contributed by atoms with Crippen LogP contribution in [0.3, 0.4) is 0 Å². The minimum atomic E-state index is -0.455. The van der Waals surface area contributed by atoms with Gasteiger partial charge in [-0.15, -0.1) is 0 Å². The molecule has 0 radical (unpaired) electrons. The third kappa shape index (κ3) is 3.82. The summed E-state index contributed by atoms with van der Waals surface area (Å²) in [7, 11) is 5.51. The van der Waals surface area contributed by atoms with Crippen molar-refractivity contribution in [1.29, 1.82) is 0 Å².